The molecule has 2 aromatic rings. The van der Waals surface area contributed by atoms with E-state index in [-0.39, 0.29) is 16.5 Å². The second-order valence-electron chi connectivity index (χ2n) is 5.32. The molecule has 2 rings (SSSR count). The van der Waals surface area contributed by atoms with Gasteiger partial charge >= 0.3 is 5.97 Å². The fraction of sp³-hybridized carbons (Fsp3) is 0.312. The molecule has 0 atom stereocenters. The Morgan fingerprint density at radius 2 is 2.04 bits per heavy atom. The molecule has 23 heavy (non-hydrogen) atoms. The summed E-state index contributed by atoms with van der Waals surface area (Å²) in [5, 5.41) is 16.1. The predicted octanol–water partition coefficient (Wildman–Crippen LogP) is 2.96. The molecule has 0 aliphatic carbocycles. The SMILES string of the molecule is Cc1nn(C)c(C)c1CCC(=O)Nc1ccc(C(=O)O)c(Cl)c1. The van der Waals surface area contributed by atoms with Gasteiger partial charge in [0.05, 0.1) is 16.3 Å². The van der Waals surface area contributed by atoms with Gasteiger partial charge in [0.1, 0.15) is 0 Å². The minimum atomic E-state index is -1.10. The predicted molar refractivity (Wildman–Crippen MR) is 88.0 cm³/mol. The molecule has 0 bridgehead atoms. The van der Waals surface area contributed by atoms with Crippen LogP contribution in [0.3, 0.4) is 0 Å². The number of aromatic carboxylic acids is 1. The topological polar surface area (TPSA) is 84.2 Å². The van der Waals surface area contributed by atoms with Gasteiger partial charge in [-0.1, -0.05) is 11.6 Å². The molecular formula is C16H18ClN3O3. The molecule has 0 aliphatic heterocycles. The van der Waals surface area contributed by atoms with E-state index in [0.717, 1.165) is 17.0 Å². The number of carbonyl (C=O) groups is 2. The van der Waals surface area contributed by atoms with E-state index in [1.165, 1.54) is 18.2 Å². The van der Waals surface area contributed by atoms with Crippen LogP contribution in [0.5, 0.6) is 0 Å². The van der Waals surface area contributed by atoms with Crippen molar-refractivity contribution in [2.24, 2.45) is 7.05 Å². The number of anilines is 1. The van der Waals surface area contributed by atoms with Crippen molar-refractivity contribution in [2.75, 3.05) is 5.32 Å². The van der Waals surface area contributed by atoms with Gasteiger partial charge in [0, 0.05) is 24.8 Å². The number of aromatic nitrogens is 2. The number of nitrogens with zero attached hydrogens (tertiary/aromatic N) is 2. The van der Waals surface area contributed by atoms with Crippen LogP contribution < -0.4 is 5.32 Å². The summed E-state index contributed by atoms with van der Waals surface area (Å²) in [7, 11) is 1.87. The van der Waals surface area contributed by atoms with Crippen LogP contribution in [0, 0.1) is 13.8 Å². The first-order valence-corrected chi connectivity index (χ1v) is 7.49. The summed E-state index contributed by atoms with van der Waals surface area (Å²) in [6.07, 6.45) is 0.907. The van der Waals surface area contributed by atoms with Gasteiger partial charge in [0.2, 0.25) is 5.91 Å². The van der Waals surface area contributed by atoms with Gasteiger partial charge in [-0.05, 0) is 44.0 Å². The molecule has 0 aliphatic rings. The minimum Gasteiger partial charge on any atom is -0.478 e. The van der Waals surface area contributed by atoms with Crippen molar-refractivity contribution in [2.45, 2.75) is 26.7 Å². The number of amides is 1. The van der Waals surface area contributed by atoms with Crippen LogP contribution in [0.25, 0.3) is 0 Å². The Hall–Kier alpha value is -2.34. The molecule has 0 radical (unpaired) electrons. The lowest BCUT2D eigenvalue weighted by molar-refractivity contribution is -0.116. The molecular weight excluding hydrogens is 318 g/mol. The number of nitrogens with one attached hydrogen (secondary N) is 1. The molecule has 7 heteroatoms. The number of hydrogen-bond acceptors (Lipinski definition) is 3. The molecule has 6 nitrogen and oxygen atoms in total. The standard InChI is InChI=1S/C16H18ClN3O3/c1-9-12(10(2)20(3)19-9)6-7-15(21)18-11-4-5-13(16(22)23)14(17)8-11/h4-5,8H,6-7H2,1-3H3,(H,18,21)(H,22,23). The fourth-order valence-corrected chi connectivity index (χ4v) is 2.67. The Morgan fingerprint density at radius 3 is 2.57 bits per heavy atom. The third-order valence-corrected chi connectivity index (χ3v) is 4.06. The number of carboxylic acid groups (broad SMARTS) is 1. The number of carboxylic acids is 1. The smallest absolute Gasteiger partial charge is 0.337 e. The van der Waals surface area contributed by atoms with Crippen LogP contribution in [0.15, 0.2) is 18.2 Å². The van der Waals surface area contributed by atoms with Crippen LogP contribution in [0.4, 0.5) is 5.69 Å². The quantitative estimate of drug-likeness (QED) is 0.879. The Kier molecular flexibility index (Phi) is 5.05. The molecule has 0 saturated heterocycles. The Bertz CT molecular complexity index is 768. The third kappa shape index (κ3) is 3.90. The molecule has 1 heterocycles. The van der Waals surface area contributed by atoms with E-state index in [0.29, 0.717) is 18.5 Å². The zero-order chi connectivity index (χ0) is 17.1. The van der Waals surface area contributed by atoms with Crippen LogP contribution in [-0.2, 0) is 18.3 Å². The van der Waals surface area contributed by atoms with Crippen molar-refractivity contribution in [1.29, 1.82) is 0 Å². The molecule has 0 spiro atoms. The van der Waals surface area contributed by atoms with Crippen molar-refractivity contribution in [3.63, 3.8) is 0 Å². The number of benzene rings is 1. The summed E-state index contributed by atoms with van der Waals surface area (Å²) in [5.74, 6) is -1.26. The molecule has 1 amide bonds. The number of hydrogen-bond donors (Lipinski definition) is 2. The van der Waals surface area contributed by atoms with Crippen molar-refractivity contribution in [3.05, 3.63) is 45.7 Å². The highest BCUT2D eigenvalue weighted by Crippen LogP contribution is 2.21. The van der Waals surface area contributed by atoms with E-state index in [9.17, 15) is 9.59 Å². The zero-order valence-electron chi connectivity index (χ0n) is 13.2. The second kappa shape index (κ2) is 6.83. The number of carbonyl (C=O) groups excluding carboxylic acids is 1. The first-order valence-electron chi connectivity index (χ1n) is 7.11. The third-order valence-electron chi connectivity index (χ3n) is 3.74. The number of aryl methyl sites for hydroxylation is 2. The first kappa shape index (κ1) is 17.0. The molecule has 1 aromatic carbocycles. The van der Waals surface area contributed by atoms with E-state index in [2.05, 4.69) is 10.4 Å². The summed E-state index contributed by atoms with van der Waals surface area (Å²) in [5.41, 5.74) is 3.52. The fourth-order valence-electron chi connectivity index (χ4n) is 2.41. The maximum Gasteiger partial charge on any atom is 0.337 e. The van der Waals surface area contributed by atoms with Gasteiger partial charge in [0.15, 0.2) is 0 Å². The lowest BCUT2D eigenvalue weighted by atomic mass is 10.1. The highest BCUT2D eigenvalue weighted by Gasteiger charge is 2.13. The molecule has 0 unspecified atom stereocenters. The minimum absolute atomic E-state index is 0.00581. The van der Waals surface area contributed by atoms with E-state index in [4.69, 9.17) is 16.7 Å². The van der Waals surface area contributed by atoms with Crippen molar-refractivity contribution >= 4 is 29.2 Å². The van der Waals surface area contributed by atoms with E-state index in [1.54, 1.807) is 4.68 Å². The lowest BCUT2D eigenvalue weighted by Gasteiger charge is -2.07. The lowest BCUT2D eigenvalue weighted by Crippen LogP contribution is -2.13. The first-order chi connectivity index (χ1) is 10.8. The van der Waals surface area contributed by atoms with Crippen LogP contribution in [0.1, 0.15) is 33.7 Å². The molecule has 122 valence electrons. The monoisotopic (exact) mass is 335 g/mol. The highest BCUT2D eigenvalue weighted by atomic mass is 35.5. The molecule has 0 saturated carbocycles. The Morgan fingerprint density at radius 1 is 1.35 bits per heavy atom. The van der Waals surface area contributed by atoms with Gasteiger partial charge in [0.25, 0.3) is 0 Å². The van der Waals surface area contributed by atoms with E-state index < -0.39 is 5.97 Å². The molecule has 2 N–H and O–H groups in total. The average molecular weight is 336 g/mol. The second-order valence-corrected chi connectivity index (χ2v) is 5.73. The molecule has 1 aromatic heterocycles. The number of rotatable bonds is 5. The summed E-state index contributed by atoms with van der Waals surface area (Å²) in [6.45, 7) is 3.89. The zero-order valence-corrected chi connectivity index (χ0v) is 13.9. The largest absolute Gasteiger partial charge is 0.478 e. The summed E-state index contributed by atoms with van der Waals surface area (Å²) in [4.78, 5) is 22.9. The maximum absolute atomic E-state index is 12.0. The number of halogens is 1. The normalized spacial score (nSPS) is 10.6. The van der Waals surface area contributed by atoms with Gasteiger partial charge in [-0.25, -0.2) is 4.79 Å². The Labute approximate surface area is 139 Å². The summed E-state index contributed by atoms with van der Waals surface area (Å²) in [6, 6.07) is 4.33. The van der Waals surface area contributed by atoms with Crippen LogP contribution in [-0.4, -0.2) is 26.8 Å². The highest BCUT2D eigenvalue weighted by molar-refractivity contribution is 6.33. The Balaban J connectivity index is 2.00. The van der Waals surface area contributed by atoms with Crippen molar-refractivity contribution in [1.82, 2.24) is 9.78 Å². The maximum atomic E-state index is 12.0. The van der Waals surface area contributed by atoms with Gasteiger partial charge in [-0.2, -0.15) is 5.10 Å². The van der Waals surface area contributed by atoms with Gasteiger partial charge < -0.3 is 10.4 Å². The van der Waals surface area contributed by atoms with E-state index in [1.807, 2.05) is 20.9 Å². The van der Waals surface area contributed by atoms with Crippen molar-refractivity contribution in [3.8, 4) is 0 Å². The van der Waals surface area contributed by atoms with Gasteiger partial charge in [-0.3, -0.25) is 9.48 Å². The van der Waals surface area contributed by atoms with E-state index >= 15 is 0 Å². The summed E-state index contributed by atoms with van der Waals surface area (Å²) >= 11 is 5.88. The van der Waals surface area contributed by atoms with Crippen molar-refractivity contribution < 1.29 is 14.7 Å². The van der Waals surface area contributed by atoms with Crippen LogP contribution >= 0.6 is 11.6 Å². The summed E-state index contributed by atoms with van der Waals surface area (Å²) < 4.78 is 1.80. The van der Waals surface area contributed by atoms with Crippen LogP contribution in [0.2, 0.25) is 5.02 Å². The average Bonchev–Trinajstić information content (AvgIpc) is 2.70. The molecule has 0 fully saturated rings. The van der Waals surface area contributed by atoms with Gasteiger partial charge in [-0.15, -0.1) is 0 Å².